The Hall–Kier alpha value is -2.46. The van der Waals surface area contributed by atoms with E-state index in [-0.39, 0.29) is 0 Å². The van der Waals surface area contributed by atoms with E-state index in [1.165, 1.54) is 10.5 Å². The van der Waals surface area contributed by atoms with E-state index in [4.69, 9.17) is 5.73 Å². The van der Waals surface area contributed by atoms with Crippen LogP contribution in [-0.4, -0.2) is 12.5 Å². The van der Waals surface area contributed by atoms with E-state index in [0.717, 1.165) is 22.8 Å². The van der Waals surface area contributed by atoms with Crippen molar-refractivity contribution in [3.63, 3.8) is 0 Å². The van der Waals surface area contributed by atoms with Gasteiger partial charge in [-0.1, -0.05) is 36.4 Å². The number of aryl methyl sites for hydroxylation is 1. The SMILES string of the molecule is C=Nc1ccccc1NC(=C)/C=C(\N)CSc1ccc(C)cc1. The smallest absolute Gasteiger partial charge is 0.0857 e. The van der Waals surface area contributed by atoms with Gasteiger partial charge in [0.05, 0.1) is 11.4 Å². The summed E-state index contributed by atoms with van der Waals surface area (Å²) in [4.78, 5) is 5.18. The van der Waals surface area contributed by atoms with Crippen LogP contribution in [0.5, 0.6) is 0 Å². The van der Waals surface area contributed by atoms with Crippen molar-refractivity contribution < 1.29 is 0 Å². The summed E-state index contributed by atoms with van der Waals surface area (Å²) < 4.78 is 0. The number of aliphatic imine (C=N–C) groups is 1. The number of thioether (sulfide) groups is 1. The molecule has 0 aliphatic rings. The van der Waals surface area contributed by atoms with Crippen LogP contribution in [-0.2, 0) is 0 Å². The summed E-state index contributed by atoms with van der Waals surface area (Å²) in [5.41, 5.74) is 10.5. The maximum atomic E-state index is 6.08. The van der Waals surface area contributed by atoms with E-state index in [9.17, 15) is 0 Å². The maximum absolute atomic E-state index is 6.08. The molecule has 0 spiro atoms. The second kappa shape index (κ2) is 8.25. The first-order valence-corrected chi connectivity index (χ1v) is 8.24. The molecule has 2 rings (SSSR count). The van der Waals surface area contributed by atoms with Gasteiger partial charge in [0.1, 0.15) is 0 Å². The van der Waals surface area contributed by atoms with Gasteiger partial charge in [-0.15, -0.1) is 11.8 Å². The fourth-order valence-corrected chi connectivity index (χ4v) is 2.74. The van der Waals surface area contributed by atoms with Gasteiger partial charge >= 0.3 is 0 Å². The lowest BCUT2D eigenvalue weighted by Crippen LogP contribution is -2.04. The normalized spacial score (nSPS) is 11.1. The van der Waals surface area contributed by atoms with Crippen LogP contribution in [0.25, 0.3) is 0 Å². The molecule has 0 amide bonds. The molecule has 3 nitrogen and oxygen atoms in total. The van der Waals surface area contributed by atoms with Crippen molar-refractivity contribution in [1.29, 1.82) is 0 Å². The molecule has 0 bridgehead atoms. The lowest BCUT2D eigenvalue weighted by molar-refractivity contribution is 1.29. The Balaban J connectivity index is 1.93. The van der Waals surface area contributed by atoms with Gasteiger partial charge in [-0.05, 0) is 44.0 Å². The van der Waals surface area contributed by atoms with Gasteiger partial charge in [-0.25, -0.2) is 0 Å². The van der Waals surface area contributed by atoms with E-state index in [1.807, 2.05) is 30.3 Å². The Labute approximate surface area is 142 Å². The number of hydrogen-bond donors (Lipinski definition) is 2. The van der Waals surface area contributed by atoms with Crippen molar-refractivity contribution in [2.24, 2.45) is 10.7 Å². The van der Waals surface area contributed by atoms with Crippen LogP contribution in [0.2, 0.25) is 0 Å². The lowest BCUT2D eigenvalue weighted by Gasteiger charge is -2.10. The molecular formula is C19H21N3S. The number of allylic oxidation sites excluding steroid dienone is 1. The fraction of sp³-hybridized carbons (Fsp3) is 0.105. The molecule has 0 aromatic heterocycles. The Kier molecular flexibility index (Phi) is 6.06. The van der Waals surface area contributed by atoms with Crippen molar-refractivity contribution in [3.05, 3.63) is 78.1 Å². The van der Waals surface area contributed by atoms with Crippen molar-refractivity contribution in [2.45, 2.75) is 11.8 Å². The molecule has 23 heavy (non-hydrogen) atoms. The van der Waals surface area contributed by atoms with E-state index in [0.29, 0.717) is 5.75 Å². The molecule has 0 aliphatic carbocycles. The van der Waals surface area contributed by atoms with E-state index in [1.54, 1.807) is 11.8 Å². The predicted octanol–water partition coefficient (Wildman–Crippen LogP) is 4.89. The molecule has 118 valence electrons. The summed E-state index contributed by atoms with van der Waals surface area (Å²) in [5.74, 6) is 0.713. The number of nitrogens with one attached hydrogen (secondary N) is 1. The van der Waals surface area contributed by atoms with Crippen LogP contribution < -0.4 is 11.1 Å². The minimum Gasteiger partial charge on any atom is -0.401 e. The Morgan fingerprint density at radius 3 is 2.61 bits per heavy atom. The highest BCUT2D eigenvalue weighted by atomic mass is 32.2. The molecule has 2 aromatic rings. The van der Waals surface area contributed by atoms with Crippen LogP contribution in [0, 0.1) is 6.92 Å². The molecule has 0 aliphatic heterocycles. The summed E-state index contributed by atoms with van der Waals surface area (Å²) in [7, 11) is 0. The monoisotopic (exact) mass is 323 g/mol. The number of hydrogen-bond acceptors (Lipinski definition) is 4. The summed E-state index contributed by atoms with van der Waals surface area (Å²) in [6, 6.07) is 16.1. The minimum atomic E-state index is 0.713. The molecule has 4 heteroatoms. The van der Waals surface area contributed by atoms with Gasteiger partial charge in [-0.3, -0.25) is 4.99 Å². The lowest BCUT2D eigenvalue weighted by atomic mass is 10.2. The Morgan fingerprint density at radius 2 is 1.91 bits per heavy atom. The summed E-state index contributed by atoms with van der Waals surface area (Å²) in [6.07, 6.45) is 1.85. The highest BCUT2D eigenvalue weighted by molar-refractivity contribution is 7.99. The zero-order valence-electron chi connectivity index (χ0n) is 13.3. The van der Waals surface area contributed by atoms with Gasteiger partial charge in [0, 0.05) is 22.0 Å². The van der Waals surface area contributed by atoms with E-state index < -0.39 is 0 Å². The third-order valence-electron chi connectivity index (χ3n) is 3.16. The first-order valence-electron chi connectivity index (χ1n) is 7.25. The predicted molar refractivity (Wildman–Crippen MR) is 103 cm³/mol. The zero-order valence-corrected chi connectivity index (χ0v) is 14.1. The minimum absolute atomic E-state index is 0.713. The molecule has 0 fully saturated rings. The van der Waals surface area contributed by atoms with Crippen molar-refractivity contribution in [2.75, 3.05) is 11.1 Å². The molecule has 0 radical (unpaired) electrons. The van der Waals surface area contributed by atoms with E-state index >= 15 is 0 Å². The molecule has 2 aromatic carbocycles. The first-order chi connectivity index (χ1) is 11.1. The van der Waals surface area contributed by atoms with Crippen LogP contribution in [0.1, 0.15) is 5.56 Å². The maximum Gasteiger partial charge on any atom is 0.0857 e. The van der Waals surface area contributed by atoms with Gasteiger partial charge in [0.2, 0.25) is 0 Å². The number of benzene rings is 2. The zero-order chi connectivity index (χ0) is 16.7. The van der Waals surface area contributed by atoms with Crippen LogP contribution in [0.15, 0.2) is 82.5 Å². The second-order valence-corrected chi connectivity index (χ2v) is 6.20. The third kappa shape index (κ3) is 5.34. The fourth-order valence-electron chi connectivity index (χ4n) is 1.99. The first kappa shape index (κ1) is 16.9. The quantitative estimate of drug-likeness (QED) is 0.433. The van der Waals surface area contributed by atoms with Crippen LogP contribution in [0.4, 0.5) is 11.4 Å². The Bertz CT molecular complexity index is 718. The average Bonchev–Trinajstić information content (AvgIpc) is 2.54. The van der Waals surface area contributed by atoms with E-state index in [2.05, 4.69) is 54.8 Å². The number of nitrogens with zero attached hydrogens (tertiary/aromatic N) is 1. The molecule has 3 N–H and O–H groups in total. The van der Waals surface area contributed by atoms with Gasteiger partial charge in [0.25, 0.3) is 0 Å². The topological polar surface area (TPSA) is 50.4 Å². The average molecular weight is 323 g/mol. The summed E-state index contributed by atoms with van der Waals surface area (Å²) >= 11 is 1.70. The number of rotatable bonds is 7. The molecule has 0 atom stereocenters. The van der Waals surface area contributed by atoms with Crippen LogP contribution >= 0.6 is 11.8 Å². The molecule has 0 saturated carbocycles. The molecule has 0 unspecified atom stereocenters. The summed E-state index contributed by atoms with van der Waals surface area (Å²) in [6.45, 7) is 9.64. The highest BCUT2D eigenvalue weighted by Crippen LogP contribution is 2.25. The van der Waals surface area contributed by atoms with Gasteiger partial charge < -0.3 is 11.1 Å². The van der Waals surface area contributed by atoms with Crippen molar-refractivity contribution in [1.82, 2.24) is 0 Å². The molecule has 0 heterocycles. The third-order valence-corrected chi connectivity index (χ3v) is 4.24. The highest BCUT2D eigenvalue weighted by Gasteiger charge is 2.01. The van der Waals surface area contributed by atoms with Gasteiger partial charge in [0.15, 0.2) is 0 Å². The van der Waals surface area contributed by atoms with Crippen molar-refractivity contribution >= 4 is 29.9 Å². The Morgan fingerprint density at radius 1 is 1.22 bits per heavy atom. The van der Waals surface area contributed by atoms with Crippen LogP contribution in [0.3, 0.4) is 0 Å². The largest absolute Gasteiger partial charge is 0.401 e. The summed E-state index contributed by atoms with van der Waals surface area (Å²) in [5, 5.41) is 3.20. The number of anilines is 1. The molecular weight excluding hydrogens is 302 g/mol. The standard InChI is InChI=1S/C19H21N3S/c1-14-8-10-17(11-9-14)23-13-16(20)12-15(2)22-19-7-5-4-6-18(19)21-3/h4-12,22H,2-3,13,20H2,1H3/b16-12-. The van der Waals surface area contributed by atoms with Gasteiger partial charge in [-0.2, -0.15) is 0 Å². The number of para-hydroxylation sites is 2. The molecule has 0 saturated heterocycles. The second-order valence-electron chi connectivity index (χ2n) is 5.15. The van der Waals surface area contributed by atoms with Crippen molar-refractivity contribution in [3.8, 4) is 0 Å². The number of nitrogens with two attached hydrogens (primary N) is 1.